The number of carbonyl (C=O) groups excluding carboxylic acids is 2. The minimum atomic E-state index is -0.564. The first-order valence-corrected chi connectivity index (χ1v) is 11.1. The molecule has 2 atom stereocenters. The second-order valence-corrected chi connectivity index (χ2v) is 8.49. The van der Waals surface area contributed by atoms with Gasteiger partial charge in [-0.05, 0) is 49.9 Å². The monoisotopic (exact) mass is 448 g/mol. The van der Waals surface area contributed by atoms with Crippen molar-refractivity contribution >= 4 is 35.0 Å². The van der Waals surface area contributed by atoms with Crippen LogP contribution in [0.5, 0.6) is 0 Å². The topological polar surface area (TPSA) is 49.4 Å². The largest absolute Gasteiger partial charge is 0.352 e. The summed E-state index contributed by atoms with van der Waals surface area (Å²) in [6, 6.07) is 12.6. The fourth-order valence-electron chi connectivity index (χ4n) is 3.18. The second-order valence-electron chi connectivity index (χ2n) is 7.67. The molecular weight excluding hydrogens is 419 g/mol. The van der Waals surface area contributed by atoms with E-state index < -0.39 is 6.04 Å². The molecule has 2 rings (SSSR count). The van der Waals surface area contributed by atoms with Gasteiger partial charge in [-0.1, -0.05) is 72.9 Å². The number of carbonyl (C=O) groups is 2. The highest BCUT2D eigenvalue weighted by Gasteiger charge is 2.29. The summed E-state index contributed by atoms with van der Waals surface area (Å²) in [6.45, 7) is 8.19. The van der Waals surface area contributed by atoms with Crippen LogP contribution in [-0.4, -0.2) is 28.8 Å². The van der Waals surface area contributed by atoms with Gasteiger partial charge in [0.25, 0.3) is 0 Å². The molecule has 0 unspecified atom stereocenters. The number of nitrogens with zero attached hydrogens (tertiary/aromatic N) is 1. The molecule has 30 heavy (non-hydrogen) atoms. The summed E-state index contributed by atoms with van der Waals surface area (Å²) in [5.74, 6) is -0.236. The van der Waals surface area contributed by atoms with Crippen molar-refractivity contribution in [2.45, 2.75) is 65.6 Å². The summed E-state index contributed by atoms with van der Waals surface area (Å²) in [4.78, 5) is 27.9. The Morgan fingerprint density at radius 1 is 0.967 bits per heavy atom. The molecule has 0 aliphatic carbocycles. The van der Waals surface area contributed by atoms with Crippen molar-refractivity contribution in [3.63, 3.8) is 0 Å². The summed E-state index contributed by atoms with van der Waals surface area (Å²) in [5, 5.41) is 3.90. The van der Waals surface area contributed by atoms with E-state index in [1.54, 1.807) is 17.0 Å². The van der Waals surface area contributed by atoms with E-state index in [2.05, 4.69) is 5.32 Å². The van der Waals surface area contributed by atoms with Gasteiger partial charge in [-0.3, -0.25) is 9.59 Å². The van der Waals surface area contributed by atoms with Gasteiger partial charge in [-0.25, -0.2) is 0 Å². The fourth-order valence-corrected chi connectivity index (χ4v) is 3.50. The number of hydrogen-bond acceptors (Lipinski definition) is 2. The van der Waals surface area contributed by atoms with Crippen molar-refractivity contribution in [2.24, 2.45) is 0 Å². The lowest BCUT2D eigenvalue weighted by Gasteiger charge is -2.31. The predicted octanol–water partition coefficient (Wildman–Crippen LogP) is 5.57. The molecule has 0 heterocycles. The molecule has 0 bridgehead atoms. The van der Waals surface area contributed by atoms with E-state index in [9.17, 15) is 9.59 Å². The van der Waals surface area contributed by atoms with Gasteiger partial charge >= 0.3 is 0 Å². The zero-order chi connectivity index (χ0) is 22.3. The van der Waals surface area contributed by atoms with E-state index in [1.165, 1.54) is 0 Å². The average Bonchev–Trinajstić information content (AvgIpc) is 2.72. The van der Waals surface area contributed by atoms with Gasteiger partial charge in [-0.2, -0.15) is 0 Å². The van der Waals surface area contributed by atoms with Crippen molar-refractivity contribution in [1.29, 1.82) is 0 Å². The molecule has 162 valence electrons. The van der Waals surface area contributed by atoms with Crippen LogP contribution >= 0.6 is 23.2 Å². The van der Waals surface area contributed by atoms with Crippen LogP contribution < -0.4 is 5.32 Å². The van der Waals surface area contributed by atoms with Gasteiger partial charge in [0, 0.05) is 12.6 Å². The molecule has 1 N–H and O–H groups in total. The maximum atomic E-state index is 13.3. The molecule has 0 fully saturated rings. The number of nitrogens with one attached hydrogen (secondary N) is 1. The number of aryl methyl sites for hydroxylation is 1. The lowest BCUT2D eigenvalue weighted by molar-refractivity contribution is -0.141. The summed E-state index contributed by atoms with van der Waals surface area (Å²) in [5.41, 5.74) is 2.89. The van der Waals surface area contributed by atoms with Crippen molar-refractivity contribution in [3.05, 3.63) is 69.2 Å². The SMILES string of the molecule is CC[C@H](C(=O)N[C@@H](C)CC)N(Cc1ccc(Cl)c(Cl)c1)C(=O)Cc1ccc(C)cc1. The second kappa shape index (κ2) is 11.4. The Hall–Kier alpha value is -2.04. The van der Waals surface area contributed by atoms with E-state index in [-0.39, 0.29) is 30.8 Å². The van der Waals surface area contributed by atoms with Crippen LogP contribution in [0, 0.1) is 6.92 Å². The molecule has 0 saturated heterocycles. The van der Waals surface area contributed by atoms with Gasteiger partial charge in [-0.15, -0.1) is 0 Å². The van der Waals surface area contributed by atoms with Gasteiger partial charge in [0.15, 0.2) is 0 Å². The summed E-state index contributed by atoms with van der Waals surface area (Å²) in [6.07, 6.45) is 1.57. The molecule has 0 aliphatic heterocycles. The number of hydrogen-bond donors (Lipinski definition) is 1. The molecule has 0 aromatic heterocycles. The van der Waals surface area contributed by atoms with Crippen LogP contribution in [0.2, 0.25) is 10.0 Å². The maximum Gasteiger partial charge on any atom is 0.243 e. The third-order valence-corrected chi connectivity index (χ3v) is 5.94. The van der Waals surface area contributed by atoms with Gasteiger partial charge in [0.05, 0.1) is 16.5 Å². The Labute approximate surface area is 189 Å². The van der Waals surface area contributed by atoms with Crippen LogP contribution in [0.15, 0.2) is 42.5 Å². The van der Waals surface area contributed by atoms with Crippen LogP contribution in [0.1, 0.15) is 50.3 Å². The molecule has 4 nitrogen and oxygen atoms in total. The minimum Gasteiger partial charge on any atom is -0.352 e. The third-order valence-electron chi connectivity index (χ3n) is 5.20. The normalized spacial score (nSPS) is 12.9. The Balaban J connectivity index is 2.31. The van der Waals surface area contributed by atoms with E-state index in [1.807, 2.05) is 58.0 Å². The number of benzene rings is 2. The molecule has 0 spiro atoms. The number of rotatable bonds is 9. The van der Waals surface area contributed by atoms with Crippen molar-refractivity contribution in [2.75, 3.05) is 0 Å². The van der Waals surface area contributed by atoms with E-state index in [4.69, 9.17) is 23.2 Å². The molecule has 2 aromatic carbocycles. The first-order valence-electron chi connectivity index (χ1n) is 10.3. The minimum absolute atomic E-state index is 0.0468. The van der Waals surface area contributed by atoms with Gasteiger partial charge in [0.2, 0.25) is 11.8 Å². The van der Waals surface area contributed by atoms with Crippen molar-refractivity contribution < 1.29 is 9.59 Å². The van der Waals surface area contributed by atoms with Crippen LogP contribution in [0.3, 0.4) is 0 Å². The lowest BCUT2D eigenvalue weighted by Crippen LogP contribution is -2.51. The zero-order valence-corrected chi connectivity index (χ0v) is 19.6. The highest BCUT2D eigenvalue weighted by molar-refractivity contribution is 6.42. The predicted molar refractivity (Wildman–Crippen MR) is 124 cm³/mol. The number of amides is 2. The van der Waals surface area contributed by atoms with E-state index in [0.717, 1.165) is 23.1 Å². The van der Waals surface area contributed by atoms with E-state index in [0.29, 0.717) is 16.5 Å². The Morgan fingerprint density at radius 2 is 1.60 bits per heavy atom. The van der Waals surface area contributed by atoms with Crippen LogP contribution in [0.4, 0.5) is 0 Å². The Morgan fingerprint density at radius 3 is 2.17 bits per heavy atom. The molecule has 2 aromatic rings. The van der Waals surface area contributed by atoms with E-state index >= 15 is 0 Å². The lowest BCUT2D eigenvalue weighted by atomic mass is 10.1. The fraction of sp³-hybridized carbons (Fsp3) is 0.417. The maximum absolute atomic E-state index is 13.3. The molecular formula is C24H30Cl2N2O2. The molecule has 0 aliphatic rings. The quantitative estimate of drug-likeness (QED) is 0.545. The van der Waals surface area contributed by atoms with Crippen LogP contribution in [-0.2, 0) is 22.6 Å². The Kier molecular flexibility index (Phi) is 9.19. The Bertz CT molecular complexity index is 868. The molecule has 0 radical (unpaired) electrons. The highest BCUT2D eigenvalue weighted by Crippen LogP contribution is 2.24. The highest BCUT2D eigenvalue weighted by atomic mass is 35.5. The third kappa shape index (κ3) is 6.75. The average molecular weight is 449 g/mol. The summed E-state index contributed by atoms with van der Waals surface area (Å²) < 4.78 is 0. The van der Waals surface area contributed by atoms with Gasteiger partial charge < -0.3 is 10.2 Å². The molecule has 2 amide bonds. The van der Waals surface area contributed by atoms with Crippen molar-refractivity contribution in [3.8, 4) is 0 Å². The first kappa shape index (κ1) is 24.2. The zero-order valence-electron chi connectivity index (χ0n) is 18.0. The molecule has 0 saturated carbocycles. The summed E-state index contributed by atoms with van der Waals surface area (Å²) >= 11 is 12.2. The molecule has 6 heteroatoms. The van der Waals surface area contributed by atoms with Crippen LogP contribution in [0.25, 0.3) is 0 Å². The van der Waals surface area contributed by atoms with Gasteiger partial charge in [0.1, 0.15) is 6.04 Å². The number of halogens is 2. The standard InChI is InChI=1S/C24H30Cl2N2O2/c1-5-17(4)27-24(30)22(6-2)28(15-19-11-12-20(25)21(26)13-19)23(29)14-18-9-7-16(3)8-10-18/h7-13,17,22H,5-6,14-15H2,1-4H3,(H,27,30)/t17-,22+/m0/s1. The summed E-state index contributed by atoms with van der Waals surface area (Å²) in [7, 11) is 0. The smallest absolute Gasteiger partial charge is 0.243 e. The van der Waals surface area contributed by atoms with Crippen molar-refractivity contribution in [1.82, 2.24) is 10.2 Å². The first-order chi connectivity index (χ1) is 14.2.